The Bertz CT molecular complexity index is 577. The van der Waals surface area contributed by atoms with E-state index in [-0.39, 0.29) is 0 Å². The van der Waals surface area contributed by atoms with Gasteiger partial charge in [-0.2, -0.15) is 0 Å². The maximum atomic E-state index is 6.07. The Morgan fingerprint density at radius 1 is 1.29 bits per heavy atom. The van der Waals surface area contributed by atoms with Crippen LogP contribution in [0.15, 0.2) is 41.0 Å². The summed E-state index contributed by atoms with van der Waals surface area (Å²) in [5.74, 6) is 1.09. The third-order valence-corrected chi connectivity index (χ3v) is 4.63. The summed E-state index contributed by atoms with van der Waals surface area (Å²) in [5, 5.41) is 0. The number of hydrogen-bond acceptors (Lipinski definition) is 3. The number of nitrogens with two attached hydrogens (primary N) is 1. The molecule has 3 heteroatoms. The number of fused-ring (bicyclic) bond motifs is 1. The average molecular weight is 284 g/mol. The van der Waals surface area contributed by atoms with Gasteiger partial charge in [0.25, 0.3) is 0 Å². The van der Waals surface area contributed by atoms with Crippen LogP contribution in [-0.4, -0.2) is 24.5 Å². The van der Waals surface area contributed by atoms with E-state index in [2.05, 4.69) is 30.1 Å². The van der Waals surface area contributed by atoms with Crippen LogP contribution >= 0.6 is 0 Å². The molecule has 2 aromatic rings. The van der Waals surface area contributed by atoms with Crippen molar-refractivity contribution in [1.29, 1.82) is 0 Å². The summed E-state index contributed by atoms with van der Waals surface area (Å²) in [6.07, 6.45) is 7.35. The van der Waals surface area contributed by atoms with Crippen LogP contribution in [0.5, 0.6) is 0 Å². The molecule has 1 aliphatic rings. The van der Waals surface area contributed by atoms with Crippen LogP contribution < -0.4 is 5.73 Å². The fourth-order valence-corrected chi connectivity index (χ4v) is 3.33. The SMILES string of the molecule is CN(CCCc1ccco1)C1CCc2c(N)cccc2C1. The molecule has 1 aromatic carbocycles. The largest absolute Gasteiger partial charge is 0.469 e. The lowest BCUT2D eigenvalue weighted by atomic mass is 9.86. The van der Waals surface area contributed by atoms with E-state index in [4.69, 9.17) is 10.2 Å². The lowest BCUT2D eigenvalue weighted by Gasteiger charge is -2.33. The zero-order valence-electron chi connectivity index (χ0n) is 12.7. The van der Waals surface area contributed by atoms with Gasteiger partial charge in [-0.3, -0.25) is 0 Å². The fraction of sp³-hybridized carbons (Fsp3) is 0.444. The van der Waals surface area contributed by atoms with Crippen molar-refractivity contribution in [2.45, 2.75) is 38.1 Å². The molecule has 21 heavy (non-hydrogen) atoms. The van der Waals surface area contributed by atoms with Gasteiger partial charge in [-0.05, 0) is 68.6 Å². The van der Waals surface area contributed by atoms with E-state index in [1.165, 1.54) is 17.5 Å². The number of likely N-dealkylation sites (N-methyl/N-ethyl adjacent to an activating group) is 1. The third-order valence-electron chi connectivity index (χ3n) is 4.63. The smallest absolute Gasteiger partial charge is 0.103 e. The van der Waals surface area contributed by atoms with Crippen LogP contribution in [0.25, 0.3) is 0 Å². The van der Waals surface area contributed by atoms with E-state index >= 15 is 0 Å². The van der Waals surface area contributed by atoms with Gasteiger partial charge >= 0.3 is 0 Å². The second kappa shape index (κ2) is 6.35. The molecule has 3 nitrogen and oxygen atoms in total. The van der Waals surface area contributed by atoms with E-state index in [0.29, 0.717) is 6.04 Å². The minimum atomic E-state index is 0.635. The van der Waals surface area contributed by atoms with E-state index in [0.717, 1.165) is 43.7 Å². The van der Waals surface area contributed by atoms with Gasteiger partial charge in [-0.25, -0.2) is 0 Å². The maximum absolute atomic E-state index is 6.07. The van der Waals surface area contributed by atoms with E-state index in [9.17, 15) is 0 Å². The zero-order valence-corrected chi connectivity index (χ0v) is 12.7. The molecule has 0 saturated heterocycles. The first-order valence-electron chi connectivity index (χ1n) is 7.83. The zero-order chi connectivity index (χ0) is 14.7. The van der Waals surface area contributed by atoms with Crippen molar-refractivity contribution in [2.75, 3.05) is 19.3 Å². The molecule has 0 fully saturated rings. The van der Waals surface area contributed by atoms with Gasteiger partial charge in [-0.1, -0.05) is 12.1 Å². The van der Waals surface area contributed by atoms with Crippen molar-refractivity contribution < 1.29 is 4.42 Å². The molecule has 0 aliphatic heterocycles. The highest BCUT2D eigenvalue weighted by atomic mass is 16.3. The van der Waals surface area contributed by atoms with Crippen LogP contribution in [0, 0.1) is 0 Å². The Kier molecular flexibility index (Phi) is 4.30. The number of hydrogen-bond donors (Lipinski definition) is 1. The summed E-state index contributed by atoms with van der Waals surface area (Å²) in [7, 11) is 2.24. The molecule has 0 amide bonds. The Morgan fingerprint density at radius 2 is 2.19 bits per heavy atom. The van der Waals surface area contributed by atoms with Gasteiger partial charge in [0.05, 0.1) is 6.26 Å². The van der Waals surface area contributed by atoms with Crippen molar-refractivity contribution >= 4 is 5.69 Å². The Morgan fingerprint density at radius 3 is 3.00 bits per heavy atom. The van der Waals surface area contributed by atoms with Gasteiger partial charge in [0.1, 0.15) is 5.76 Å². The molecule has 0 saturated carbocycles. The van der Waals surface area contributed by atoms with E-state index in [1.807, 2.05) is 12.1 Å². The molecule has 0 radical (unpaired) electrons. The second-order valence-electron chi connectivity index (χ2n) is 6.05. The maximum Gasteiger partial charge on any atom is 0.103 e. The molecule has 2 N–H and O–H groups in total. The van der Waals surface area contributed by atoms with Crippen molar-refractivity contribution in [2.24, 2.45) is 0 Å². The van der Waals surface area contributed by atoms with Crippen LogP contribution in [0.3, 0.4) is 0 Å². The molecule has 0 bridgehead atoms. The highest BCUT2D eigenvalue weighted by Gasteiger charge is 2.22. The normalized spacial score (nSPS) is 17.9. The molecule has 3 rings (SSSR count). The molecule has 112 valence electrons. The van der Waals surface area contributed by atoms with Gasteiger partial charge < -0.3 is 15.1 Å². The quantitative estimate of drug-likeness (QED) is 0.857. The van der Waals surface area contributed by atoms with E-state index < -0.39 is 0 Å². The van der Waals surface area contributed by atoms with Gasteiger partial charge in [0, 0.05) is 18.2 Å². The van der Waals surface area contributed by atoms with Crippen molar-refractivity contribution in [1.82, 2.24) is 4.90 Å². The van der Waals surface area contributed by atoms with Gasteiger partial charge in [0.15, 0.2) is 0 Å². The fourth-order valence-electron chi connectivity index (χ4n) is 3.33. The second-order valence-corrected chi connectivity index (χ2v) is 6.05. The van der Waals surface area contributed by atoms with Crippen LogP contribution in [0.2, 0.25) is 0 Å². The molecule has 0 spiro atoms. The topological polar surface area (TPSA) is 42.4 Å². The summed E-state index contributed by atoms with van der Waals surface area (Å²) in [5.41, 5.74) is 9.84. The summed E-state index contributed by atoms with van der Waals surface area (Å²) >= 11 is 0. The minimum Gasteiger partial charge on any atom is -0.469 e. The molecular weight excluding hydrogens is 260 g/mol. The lowest BCUT2D eigenvalue weighted by Crippen LogP contribution is -2.37. The Labute approximate surface area is 126 Å². The van der Waals surface area contributed by atoms with E-state index in [1.54, 1.807) is 6.26 Å². The molecule has 1 aromatic heterocycles. The van der Waals surface area contributed by atoms with Crippen LogP contribution in [-0.2, 0) is 19.3 Å². The first-order chi connectivity index (χ1) is 10.2. The van der Waals surface area contributed by atoms with Crippen LogP contribution in [0.1, 0.15) is 29.7 Å². The number of aryl methyl sites for hydroxylation is 1. The predicted molar refractivity (Wildman–Crippen MR) is 86.3 cm³/mol. The summed E-state index contributed by atoms with van der Waals surface area (Å²) in [6.45, 7) is 1.11. The summed E-state index contributed by atoms with van der Waals surface area (Å²) in [6, 6.07) is 11.0. The van der Waals surface area contributed by atoms with Crippen LogP contribution in [0.4, 0.5) is 5.69 Å². The number of furan rings is 1. The lowest BCUT2D eigenvalue weighted by molar-refractivity contribution is 0.218. The average Bonchev–Trinajstić information content (AvgIpc) is 3.00. The van der Waals surface area contributed by atoms with Crippen molar-refractivity contribution in [3.8, 4) is 0 Å². The Hall–Kier alpha value is -1.74. The number of nitrogens with zero attached hydrogens (tertiary/aromatic N) is 1. The summed E-state index contributed by atoms with van der Waals surface area (Å²) in [4.78, 5) is 2.50. The molecule has 1 atom stereocenters. The highest BCUT2D eigenvalue weighted by Crippen LogP contribution is 2.28. The molecule has 1 aliphatic carbocycles. The van der Waals surface area contributed by atoms with Crippen molar-refractivity contribution in [3.63, 3.8) is 0 Å². The first-order valence-corrected chi connectivity index (χ1v) is 7.83. The minimum absolute atomic E-state index is 0.635. The van der Waals surface area contributed by atoms with Crippen molar-refractivity contribution in [3.05, 3.63) is 53.5 Å². The number of rotatable bonds is 5. The third kappa shape index (κ3) is 3.30. The number of benzene rings is 1. The monoisotopic (exact) mass is 284 g/mol. The molecule has 1 heterocycles. The number of anilines is 1. The molecule has 1 unspecified atom stereocenters. The summed E-state index contributed by atoms with van der Waals surface area (Å²) < 4.78 is 5.39. The Balaban J connectivity index is 1.53. The predicted octanol–water partition coefficient (Wildman–Crippen LogP) is 3.28. The van der Waals surface area contributed by atoms with Gasteiger partial charge in [-0.15, -0.1) is 0 Å². The number of nitrogen functional groups attached to an aromatic ring is 1. The molecular formula is C18H24N2O. The first kappa shape index (κ1) is 14.2. The standard InChI is InChI=1S/C18H24N2O/c1-20(11-3-6-16-7-4-12-21-16)15-9-10-17-14(13-15)5-2-8-18(17)19/h2,4-5,7-8,12,15H,3,6,9-11,13,19H2,1H3. The highest BCUT2D eigenvalue weighted by molar-refractivity contribution is 5.52. The van der Waals surface area contributed by atoms with Gasteiger partial charge in [0.2, 0.25) is 0 Å².